The van der Waals surface area contributed by atoms with E-state index in [4.69, 9.17) is 0 Å². The van der Waals surface area contributed by atoms with Gasteiger partial charge >= 0.3 is 0 Å². The van der Waals surface area contributed by atoms with Crippen LogP contribution in [0.3, 0.4) is 0 Å². The minimum atomic E-state index is -0.0258. The molecule has 1 N–H and O–H groups in total. The van der Waals surface area contributed by atoms with Crippen LogP contribution in [0.15, 0.2) is 60.9 Å². The van der Waals surface area contributed by atoms with Gasteiger partial charge in [0.1, 0.15) is 0 Å². The first kappa shape index (κ1) is 21.8. The average molecular weight is 401 g/mol. The summed E-state index contributed by atoms with van der Waals surface area (Å²) >= 11 is 0. The normalized spacial score (nSPS) is 11.3. The minimum absolute atomic E-state index is 0.0258. The SMILES string of the molecule is CCCCc1c(C=CC(=O)NCCCCc2cccnc2)ccc2ccc(C)cc12. The minimum Gasteiger partial charge on any atom is -0.353 e. The van der Waals surface area contributed by atoms with Crippen LogP contribution in [0.4, 0.5) is 0 Å². The van der Waals surface area contributed by atoms with Crippen molar-refractivity contribution < 1.29 is 4.79 Å². The number of aryl methyl sites for hydroxylation is 3. The van der Waals surface area contributed by atoms with E-state index in [-0.39, 0.29) is 5.91 Å². The van der Waals surface area contributed by atoms with E-state index >= 15 is 0 Å². The molecule has 0 saturated carbocycles. The number of aromatic nitrogens is 1. The highest BCUT2D eigenvalue weighted by Gasteiger charge is 2.07. The molecule has 30 heavy (non-hydrogen) atoms. The molecule has 0 bridgehead atoms. The molecular weight excluding hydrogens is 368 g/mol. The maximum atomic E-state index is 12.3. The van der Waals surface area contributed by atoms with E-state index in [0.29, 0.717) is 6.54 Å². The Morgan fingerprint density at radius 2 is 1.93 bits per heavy atom. The molecule has 0 saturated heterocycles. The number of carbonyl (C=O) groups is 1. The lowest BCUT2D eigenvalue weighted by Gasteiger charge is -2.11. The number of nitrogens with one attached hydrogen (secondary N) is 1. The van der Waals surface area contributed by atoms with E-state index in [1.165, 1.54) is 27.5 Å². The Morgan fingerprint density at radius 3 is 2.73 bits per heavy atom. The van der Waals surface area contributed by atoms with Gasteiger partial charge in [0, 0.05) is 25.0 Å². The van der Waals surface area contributed by atoms with Crippen molar-refractivity contribution >= 4 is 22.8 Å². The second-order valence-electron chi connectivity index (χ2n) is 7.90. The number of benzene rings is 2. The van der Waals surface area contributed by atoms with Crippen molar-refractivity contribution in [3.63, 3.8) is 0 Å². The van der Waals surface area contributed by atoms with Crippen molar-refractivity contribution in [2.24, 2.45) is 0 Å². The van der Waals surface area contributed by atoms with E-state index in [1.54, 1.807) is 12.3 Å². The van der Waals surface area contributed by atoms with Gasteiger partial charge in [-0.15, -0.1) is 0 Å². The van der Waals surface area contributed by atoms with Crippen molar-refractivity contribution in [3.05, 3.63) is 83.2 Å². The fourth-order valence-corrected chi connectivity index (χ4v) is 3.74. The second-order valence-corrected chi connectivity index (χ2v) is 7.90. The van der Waals surface area contributed by atoms with Gasteiger partial charge < -0.3 is 5.32 Å². The largest absolute Gasteiger partial charge is 0.353 e. The summed E-state index contributed by atoms with van der Waals surface area (Å²) in [6.07, 6.45) is 13.7. The first-order chi connectivity index (χ1) is 14.7. The maximum Gasteiger partial charge on any atom is 0.243 e. The fourth-order valence-electron chi connectivity index (χ4n) is 3.74. The number of hydrogen-bond acceptors (Lipinski definition) is 2. The molecule has 3 heteroatoms. The number of nitrogens with zero attached hydrogens (tertiary/aromatic N) is 1. The Labute approximate surface area is 180 Å². The van der Waals surface area contributed by atoms with Crippen LogP contribution in [0.25, 0.3) is 16.8 Å². The van der Waals surface area contributed by atoms with Crippen molar-refractivity contribution in [1.29, 1.82) is 0 Å². The average Bonchev–Trinajstić information content (AvgIpc) is 2.76. The van der Waals surface area contributed by atoms with Crippen LogP contribution < -0.4 is 5.32 Å². The standard InChI is InChI=1S/C27H32N2O/c1-3-4-10-25-23(13-14-24-12-11-21(2)19-26(24)25)15-16-27(30)29-18-6-5-8-22-9-7-17-28-20-22/h7,9,11-17,19-20H,3-6,8,10,18H2,1-2H3,(H,29,30). The topological polar surface area (TPSA) is 42.0 Å². The van der Waals surface area contributed by atoms with Gasteiger partial charge in [0.2, 0.25) is 5.91 Å². The molecule has 1 heterocycles. The third-order valence-electron chi connectivity index (χ3n) is 5.43. The van der Waals surface area contributed by atoms with Crippen LogP contribution in [0.2, 0.25) is 0 Å². The van der Waals surface area contributed by atoms with Crippen molar-refractivity contribution in [2.45, 2.75) is 52.4 Å². The predicted octanol–water partition coefficient (Wildman–Crippen LogP) is 6.04. The molecule has 0 unspecified atom stereocenters. The Bertz CT molecular complexity index is 992. The summed E-state index contributed by atoms with van der Waals surface area (Å²) in [7, 11) is 0. The number of amides is 1. The number of fused-ring (bicyclic) bond motifs is 1. The quantitative estimate of drug-likeness (QED) is 0.333. The van der Waals surface area contributed by atoms with Gasteiger partial charge in [-0.05, 0) is 78.6 Å². The molecule has 0 atom stereocenters. The molecule has 156 valence electrons. The number of carbonyl (C=O) groups excluding carboxylic acids is 1. The van der Waals surface area contributed by atoms with Gasteiger partial charge in [-0.3, -0.25) is 9.78 Å². The highest BCUT2D eigenvalue weighted by molar-refractivity contribution is 5.94. The van der Waals surface area contributed by atoms with Crippen LogP contribution in [0.5, 0.6) is 0 Å². The molecule has 2 aromatic carbocycles. The van der Waals surface area contributed by atoms with Crippen LogP contribution in [-0.2, 0) is 17.6 Å². The summed E-state index contributed by atoms with van der Waals surface area (Å²) in [6.45, 7) is 5.05. The number of rotatable bonds is 10. The number of pyridine rings is 1. The second kappa shape index (κ2) is 11.3. The van der Waals surface area contributed by atoms with E-state index in [0.717, 1.165) is 44.1 Å². The summed E-state index contributed by atoms with van der Waals surface area (Å²) in [5.41, 5.74) is 5.01. The van der Waals surface area contributed by atoms with Gasteiger partial charge in [-0.2, -0.15) is 0 Å². The smallest absolute Gasteiger partial charge is 0.243 e. The molecule has 0 aliphatic heterocycles. The highest BCUT2D eigenvalue weighted by atomic mass is 16.1. The monoisotopic (exact) mass is 400 g/mol. The molecule has 1 aromatic heterocycles. The van der Waals surface area contributed by atoms with Crippen molar-refractivity contribution in [3.8, 4) is 0 Å². The van der Waals surface area contributed by atoms with Gasteiger partial charge in [0.05, 0.1) is 0 Å². The molecule has 0 aliphatic rings. The fraction of sp³-hybridized carbons (Fsp3) is 0.333. The van der Waals surface area contributed by atoms with Gasteiger partial charge in [0.25, 0.3) is 0 Å². The molecule has 0 radical (unpaired) electrons. The van der Waals surface area contributed by atoms with Crippen LogP contribution in [-0.4, -0.2) is 17.4 Å². The van der Waals surface area contributed by atoms with E-state index in [1.807, 2.05) is 18.3 Å². The lowest BCUT2D eigenvalue weighted by Crippen LogP contribution is -2.22. The summed E-state index contributed by atoms with van der Waals surface area (Å²) < 4.78 is 0. The summed E-state index contributed by atoms with van der Waals surface area (Å²) in [5, 5.41) is 5.58. The van der Waals surface area contributed by atoms with Gasteiger partial charge in [-0.1, -0.05) is 55.3 Å². The Kier molecular flexibility index (Phi) is 8.20. The number of hydrogen-bond donors (Lipinski definition) is 1. The summed E-state index contributed by atoms with van der Waals surface area (Å²) in [5.74, 6) is -0.0258. The number of unbranched alkanes of at least 4 members (excludes halogenated alkanes) is 2. The van der Waals surface area contributed by atoms with Gasteiger partial charge in [0.15, 0.2) is 0 Å². The summed E-state index contributed by atoms with van der Waals surface area (Å²) in [4.78, 5) is 16.4. The molecule has 1 amide bonds. The highest BCUT2D eigenvalue weighted by Crippen LogP contribution is 2.26. The van der Waals surface area contributed by atoms with Crippen LogP contribution in [0.1, 0.15) is 54.9 Å². The summed E-state index contributed by atoms with van der Waals surface area (Å²) in [6, 6.07) is 15.0. The van der Waals surface area contributed by atoms with Crippen molar-refractivity contribution in [2.75, 3.05) is 6.54 Å². The van der Waals surface area contributed by atoms with Gasteiger partial charge in [-0.25, -0.2) is 0 Å². The third-order valence-corrected chi connectivity index (χ3v) is 5.43. The lowest BCUT2D eigenvalue weighted by atomic mass is 9.93. The zero-order chi connectivity index (χ0) is 21.2. The molecular formula is C27H32N2O. The Morgan fingerprint density at radius 1 is 1.07 bits per heavy atom. The molecule has 3 nitrogen and oxygen atoms in total. The van der Waals surface area contributed by atoms with E-state index < -0.39 is 0 Å². The van der Waals surface area contributed by atoms with E-state index in [2.05, 4.69) is 60.5 Å². The first-order valence-electron chi connectivity index (χ1n) is 11.0. The van der Waals surface area contributed by atoms with Crippen LogP contribution >= 0.6 is 0 Å². The zero-order valence-corrected chi connectivity index (χ0v) is 18.2. The van der Waals surface area contributed by atoms with Crippen LogP contribution in [0, 0.1) is 6.92 Å². The maximum absolute atomic E-state index is 12.3. The third kappa shape index (κ3) is 6.28. The Balaban J connectivity index is 1.58. The zero-order valence-electron chi connectivity index (χ0n) is 18.2. The predicted molar refractivity (Wildman–Crippen MR) is 127 cm³/mol. The molecule has 0 spiro atoms. The first-order valence-corrected chi connectivity index (χ1v) is 11.0. The Hall–Kier alpha value is -2.94. The molecule has 3 rings (SSSR count). The molecule has 0 fully saturated rings. The van der Waals surface area contributed by atoms with Crippen molar-refractivity contribution in [1.82, 2.24) is 10.3 Å². The molecule has 3 aromatic rings. The lowest BCUT2D eigenvalue weighted by molar-refractivity contribution is -0.116. The van der Waals surface area contributed by atoms with E-state index in [9.17, 15) is 4.79 Å². The molecule has 0 aliphatic carbocycles.